The van der Waals surface area contributed by atoms with Gasteiger partial charge in [-0.05, 0) is 6.07 Å². The molecule has 0 spiro atoms. The molecule has 0 fully saturated rings. The van der Waals surface area contributed by atoms with Gasteiger partial charge < -0.3 is 15.4 Å². The number of benzene rings is 1. The molecule has 0 saturated carbocycles. The first kappa shape index (κ1) is 11.1. The number of aliphatic hydroxyl groups is 2. The standard InChI is InChI=1S/C7H9NO5S/c9-7(10)5-3-1-2-4-6(5)14(12,13)8-11/h1-4,7-11H. The van der Waals surface area contributed by atoms with Gasteiger partial charge in [-0.1, -0.05) is 23.1 Å². The number of sulfonamides is 1. The molecule has 7 heteroatoms. The predicted molar refractivity (Wildman–Crippen MR) is 45.7 cm³/mol. The van der Waals surface area contributed by atoms with E-state index >= 15 is 0 Å². The van der Waals surface area contributed by atoms with Crippen LogP contribution in [0.3, 0.4) is 0 Å². The van der Waals surface area contributed by atoms with Crippen LogP contribution in [0.4, 0.5) is 0 Å². The van der Waals surface area contributed by atoms with Crippen molar-refractivity contribution >= 4 is 10.0 Å². The van der Waals surface area contributed by atoms with E-state index in [0.717, 1.165) is 11.0 Å². The van der Waals surface area contributed by atoms with Crippen molar-refractivity contribution in [1.82, 2.24) is 4.89 Å². The van der Waals surface area contributed by atoms with Gasteiger partial charge in [-0.3, -0.25) is 0 Å². The molecule has 0 amide bonds. The second-order valence-electron chi connectivity index (χ2n) is 2.51. The van der Waals surface area contributed by atoms with Gasteiger partial charge in [-0.25, -0.2) is 8.42 Å². The van der Waals surface area contributed by atoms with Gasteiger partial charge in [0.25, 0.3) is 10.0 Å². The van der Waals surface area contributed by atoms with Crippen molar-refractivity contribution in [2.45, 2.75) is 11.2 Å². The number of aliphatic hydroxyl groups excluding tert-OH is 1. The van der Waals surface area contributed by atoms with Gasteiger partial charge in [0.2, 0.25) is 0 Å². The van der Waals surface area contributed by atoms with E-state index in [0.29, 0.717) is 0 Å². The van der Waals surface area contributed by atoms with Crippen molar-refractivity contribution in [1.29, 1.82) is 0 Å². The van der Waals surface area contributed by atoms with E-state index in [4.69, 9.17) is 15.4 Å². The summed E-state index contributed by atoms with van der Waals surface area (Å²) in [6, 6.07) is 5.23. The largest absolute Gasteiger partial charge is 0.364 e. The minimum absolute atomic E-state index is 0.200. The second kappa shape index (κ2) is 4.03. The molecular weight excluding hydrogens is 210 g/mol. The SMILES string of the molecule is O=S(=O)(NO)c1ccccc1C(O)O. The third-order valence-corrected chi connectivity index (χ3v) is 2.80. The molecule has 6 nitrogen and oxygen atoms in total. The summed E-state index contributed by atoms with van der Waals surface area (Å²) in [5.74, 6) is 0. The van der Waals surface area contributed by atoms with Crippen LogP contribution in [0.1, 0.15) is 11.9 Å². The lowest BCUT2D eigenvalue weighted by Gasteiger charge is -2.09. The molecule has 0 aliphatic rings. The van der Waals surface area contributed by atoms with Gasteiger partial charge in [-0.15, -0.1) is 0 Å². The fourth-order valence-electron chi connectivity index (χ4n) is 0.988. The Labute approximate surface area is 80.4 Å². The zero-order valence-corrected chi connectivity index (χ0v) is 7.77. The molecular formula is C7H9NO5S. The van der Waals surface area contributed by atoms with E-state index in [9.17, 15) is 8.42 Å². The number of hydrogen-bond donors (Lipinski definition) is 4. The van der Waals surface area contributed by atoms with E-state index in [-0.39, 0.29) is 10.5 Å². The van der Waals surface area contributed by atoms with Crippen LogP contribution in [0.25, 0.3) is 0 Å². The van der Waals surface area contributed by atoms with Crippen molar-refractivity contribution in [2.75, 3.05) is 0 Å². The first-order valence-electron chi connectivity index (χ1n) is 3.60. The van der Waals surface area contributed by atoms with E-state index in [1.165, 1.54) is 18.2 Å². The van der Waals surface area contributed by atoms with Crippen molar-refractivity contribution in [2.24, 2.45) is 0 Å². The van der Waals surface area contributed by atoms with Crippen LogP contribution in [-0.4, -0.2) is 23.8 Å². The van der Waals surface area contributed by atoms with Crippen LogP contribution >= 0.6 is 0 Å². The molecule has 1 aromatic rings. The van der Waals surface area contributed by atoms with Crippen molar-refractivity contribution < 1.29 is 23.8 Å². The van der Waals surface area contributed by atoms with Crippen LogP contribution in [0, 0.1) is 0 Å². The van der Waals surface area contributed by atoms with Crippen LogP contribution < -0.4 is 4.89 Å². The third kappa shape index (κ3) is 2.08. The monoisotopic (exact) mass is 219 g/mol. The lowest BCUT2D eigenvalue weighted by atomic mass is 10.2. The Balaban J connectivity index is 3.35. The Morgan fingerprint density at radius 1 is 1.21 bits per heavy atom. The third-order valence-electron chi connectivity index (χ3n) is 1.61. The molecule has 78 valence electrons. The van der Waals surface area contributed by atoms with Crippen molar-refractivity contribution in [3.8, 4) is 0 Å². The Morgan fingerprint density at radius 3 is 2.29 bits per heavy atom. The van der Waals surface area contributed by atoms with Gasteiger partial charge in [0.1, 0.15) is 0 Å². The Morgan fingerprint density at radius 2 is 1.79 bits per heavy atom. The highest BCUT2D eigenvalue weighted by Crippen LogP contribution is 2.19. The molecule has 0 unspecified atom stereocenters. The summed E-state index contributed by atoms with van der Waals surface area (Å²) in [5, 5.41) is 26.0. The molecule has 1 aromatic carbocycles. The van der Waals surface area contributed by atoms with Crippen LogP contribution in [0.15, 0.2) is 29.2 Å². The molecule has 0 aliphatic heterocycles. The fraction of sp³-hybridized carbons (Fsp3) is 0.143. The number of rotatable bonds is 3. The normalized spacial score (nSPS) is 12.0. The van der Waals surface area contributed by atoms with E-state index in [1.54, 1.807) is 0 Å². The molecule has 4 N–H and O–H groups in total. The summed E-state index contributed by atoms with van der Waals surface area (Å²) >= 11 is 0. The maximum Gasteiger partial charge on any atom is 0.262 e. The molecule has 14 heavy (non-hydrogen) atoms. The Hall–Kier alpha value is -0.990. The Kier molecular flexibility index (Phi) is 3.19. The first-order valence-corrected chi connectivity index (χ1v) is 5.08. The second-order valence-corrected chi connectivity index (χ2v) is 4.14. The maximum absolute atomic E-state index is 11.1. The van der Waals surface area contributed by atoms with Crippen LogP contribution in [-0.2, 0) is 10.0 Å². The highest BCUT2D eigenvalue weighted by Gasteiger charge is 2.19. The Bertz CT molecular complexity index is 414. The van der Waals surface area contributed by atoms with Gasteiger partial charge >= 0.3 is 0 Å². The maximum atomic E-state index is 11.1. The van der Waals surface area contributed by atoms with Crippen LogP contribution in [0.5, 0.6) is 0 Å². The summed E-state index contributed by atoms with van der Waals surface area (Å²) in [6.45, 7) is 0. The summed E-state index contributed by atoms with van der Waals surface area (Å²) < 4.78 is 22.3. The molecule has 0 atom stereocenters. The highest BCUT2D eigenvalue weighted by atomic mass is 32.2. The summed E-state index contributed by atoms with van der Waals surface area (Å²) in [5.41, 5.74) is -0.200. The van der Waals surface area contributed by atoms with E-state index in [2.05, 4.69) is 0 Å². The molecule has 1 rings (SSSR count). The van der Waals surface area contributed by atoms with Gasteiger partial charge in [0.05, 0.1) is 4.90 Å². The predicted octanol–water partition coefficient (Wildman–Crippen LogP) is -0.663. The zero-order valence-electron chi connectivity index (χ0n) is 6.95. The summed E-state index contributed by atoms with van der Waals surface area (Å²) in [4.78, 5) is 0.726. The lowest BCUT2D eigenvalue weighted by molar-refractivity contribution is -0.0446. The average molecular weight is 219 g/mol. The molecule has 0 bridgehead atoms. The molecule has 0 aliphatic carbocycles. The van der Waals surface area contributed by atoms with Crippen LogP contribution in [0.2, 0.25) is 0 Å². The van der Waals surface area contributed by atoms with Gasteiger partial charge in [0.15, 0.2) is 6.29 Å². The van der Waals surface area contributed by atoms with E-state index < -0.39 is 16.3 Å². The topological polar surface area (TPSA) is 107 Å². The minimum atomic E-state index is -4.09. The first-order chi connectivity index (χ1) is 6.49. The molecule has 0 aromatic heterocycles. The molecule has 0 radical (unpaired) electrons. The van der Waals surface area contributed by atoms with Gasteiger partial charge in [0, 0.05) is 5.56 Å². The van der Waals surface area contributed by atoms with Crippen molar-refractivity contribution in [3.63, 3.8) is 0 Å². The summed E-state index contributed by atoms with van der Waals surface area (Å²) in [6.07, 6.45) is -1.91. The molecule has 0 heterocycles. The highest BCUT2D eigenvalue weighted by molar-refractivity contribution is 7.89. The van der Waals surface area contributed by atoms with Gasteiger partial charge in [-0.2, -0.15) is 0 Å². The fourth-order valence-corrected chi connectivity index (χ4v) is 1.83. The molecule has 0 saturated heterocycles. The minimum Gasteiger partial charge on any atom is -0.364 e. The average Bonchev–Trinajstić information content (AvgIpc) is 2.18. The smallest absolute Gasteiger partial charge is 0.262 e. The quantitative estimate of drug-likeness (QED) is 0.398. The summed E-state index contributed by atoms with van der Waals surface area (Å²) in [7, 11) is -4.09. The van der Waals surface area contributed by atoms with E-state index in [1.807, 2.05) is 0 Å². The van der Waals surface area contributed by atoms with Crippen molar-refractivity contribution in [3.05, 3.63) is 29.8 Å². The number of hydrogen-bond acceptors (Lipinski definition) is 5. The number of nitrogens with one attached hydrogen (secondary N) is 1. The lowest BCUT2D eigenvalue weighted by Crippen LogP contribution is -2.21. The zero-order chi connectivity index (χ0) is 10.8.